The van der Waals surface area contributed by atoms with Gasteiger partial charge < -0.3 is 24.9 Å². The highest BCUT2D eigenvalue weighted by molar-refractivity contribution is 9.10. The number of rotatable bonds is 5. The molecule has 0 unspecified atom stereocenters. The van der Waals surface area contributed by atoms with Crippen LogP contribution >= 0.6 is 15.9 Å². The number of urea groups is 1. The van der Waals surface area contributed by atoms with Crippen molar-refractivity contribution in [1.29, 1.82) is 0 Å². The molecule has 0 saturated carbocycles. The van der Waals surface area contributed by atoms with Crippen LogP contribution in [0.1, 0.15) is 22.2 Å². The maximum atomic E-state index is 14.0. The van der Waals surface area contributed by atoms with Crippen molar-refractivity contribution in [2.24, 2.45) is 5.92 Å². The van der Waals surface area contributed by atoms with E-state index >= 15 is 0 Å². The number of nitrogens with one attached hydrogen (secondary N) is 2. The van der Waals surface area contributed by atoms with Crippen LogP contribution in [0, 0.1) is 5.92 Å². The Hall–Kier alpha value is -3.31. The van der Waals surface area contributed by atoms with E-state index in [0.29, 0.717) is 17.1 Å². The average Bonchev–Trinajstić information content (AvgIpc) is 3.28. The van der Waals surface area contributed by atoms with Gasteiger partial charge in [-0.25, -0.2) is 4.79 Å². The van der Waals surface area contributed by atoms with Gasteiger partial charge in [-0.2, -0.15) is 13.2 Å². The smallest absolute Gasteiger partial charge is 0.437 e. The van der Waals surface area contributed by atoms with Crippen LogP contribution in [0.2, 0.25) is 0 Å². The summed E-state index contributed by atoms with van der Waals surface area (Å²) in [6.07, 6.45) is -5.36. The van der Waals surface area contributed by atoms with E-state index in [1.54, 1.807) is 24.3 Å². The third-order valence-corrected chi connectivity index (χ3v) is 6.05. The molecule has 7 nitrogen and oxygen atoms in total. The first-order valence-corrected chi connectivity index (χ1v) is 10.7. The summed E-state index contributed by atoms with van der Waals surface area (Å²) in [6.45, 7) is 0. The SMILES string of the molecule is COc1ccc(C(=O)[C@H]2[C@@H](c3ccc(-c4ccc(Br)cc4)o3)NC(=O)N[C@]2(O)C(F)(F)F)cc1. The summed E-state index contributed by atoms with van der Waals surface area (Å²) in [5, 5.41) is 14.5. The van der Waals surface area contributed by atoms with E-state index in [-0.39, 0.29) is 11.3 Å². The van der Waals surface area contributed by atoms with E-state index in [9.17, 15) is 27.9 Å². The minimum atomic E-state index is -5.36. The molecule has 0 aliphatic carbocycles. The molecule has 0 radical (unpaired) electrons. The lowest BCUT2D eigenvalue weighted by atomic mass is 9.79. The van der Waals surface area contributed by atoms with E-state index in [1.807, 2.05) is 0 Å². The lowest BCUT2D eigenvalue weighted by molar-refractivity contribution is -0.288. The molecule has 0 bridgehead atoms. The number of carbonyl (C=O) groups excluding carboxylic acids is 2. The average molecular weight is 539 g/mol. The van der Waals surface area contributed by atoms with Crippen LogP contribution in [0.4, 0.5) is 18.0 Å². The highest BCUT2D eigenvalue weighted by Gasteiger charge is 2.66. The monoisotopic (exact) mass is 538 g/mol. The van der Waals surface area contributed by atoms with E-state index in [1.165, 1.54) is 48.8 Å². The molecule has 2 amide bonds. The fraction of sp³-hybridized carbons (Fsp3) is 0.217. The Morgan fingerprint density at radius 2 is 1.74 bits per heavy atom. The number of methoxy groups -OCH3 is 1. The van der Waals surface area contributed by atoms with Crippen molar-refractivity contribution in [3.8, 4) is 17.1 Å². The number of carbonyl (C=O) groups is 2. The number of halogens is 4. The predicted molar refractivity (Wildman–Crippen MR) is 118 cm³/mol. The molecule has 3 N–H and O–H groups in total. The molecule has 4 rings (SSSR count). The van der Waals surface area contributed by atoms with Gasteiger partial charge in [0.05, 0.1) is 7.11 Å². The van der Waals surface area contributed by atoms with Gasteiger partial charge in [0, 0.05) is 15.6 Å². The molecule has 34 heavy (non-hydrogen) atoms. The summed E-state index contributed by atoms with van der Waals surface area (Å²) in [6, 6.07) is 12.3. The summed E-state index contributed by atoms with van der Waals surface area (Å²) < 4.78 is 53.7. The molecule has 2 aromatic carbocycles. The molecule has 178 valence electrons. The van der Waals surface area contributed by atoms with Gasteiger partial charge in [0.1, 0.15) is 29.2 Å². The number of aliphatic hydroxyl groups is 1. The van der Waals surface area contributed by atoms with Crippen LogP contribution in [0.5, 0.6) is 5.75 Å². The number of furan rings is 1. The normalized spacial score (nSPS) is 22.6. The maximum Gasteiger partial charge on any atom is 0.437 e. The number of Topliss-reactive ketones (excluding diaryl/α,β-unsaturated/α-hetero) is 1. The molecule has 1 aliphatic rings. The molecule has 3 aromatic rings. The lowest BCUT2D eigenvalue weighted by Crippen LogP contribution is -2.72. The van der Waals surface area contributed by atoms with Crippen LogP contribution in [-0.4, -0.2) is 35.9 Å². The van der Waals surface area contributed by atoms with Crippen molar-refractivity contribution in [2.45, 2.75) is 17.9 Å². The minimum absolute atomic E-state index is 0.115. The van der Waals surface area contributed by atoms with Crippen molar-refractivity contribution < 1.29 is 37.0 Å². The van der Waals surface area contributed by atoms with Crippen LogP contribution in [0.3, 0.4) is 0 Å². The zero-order valence-corrected chi connectivity index (χ0v) is 19.1. The van der Waals surface area contributed by atoms with Crippen LogP contribution < -0.4 is 15.4 Å². The summed E-state index contributed by atoms with van der Waals surface area (Å²) in [5.41, 5.74) is -3.34. The zero-order chi connectivity index (χ0) is 24.7. The standard InChI is InChI=1S/C23H18BrF3N2O5/c1-33-15-8-4-13(5-9-15)20(30)18-19(28-21(31)29-22(18,32)23(25,26)27)17-11-10-16(34-17)12-2-6-14(24)7-3-12/h2-11,18-19,32H,1H3,(H2,28,29,31)/t18-,19-,22-/m1/s1. The van der Waals surface area contributed by atoms with Crippen LogP contribution in [0.15, 0.2) is 69.6 Å². The van der Waals surface area contributed by atoms with Crippen molar-refractivity contribution in [2.75, 3.05) is 7.11 Å². The minimum Gasteiger partial charge on any atom is -0.497 e. The summed E-state index contributed by atoms with van der Waals surface area (Å²) >= 11 is 3.31. The van der Waals surface area contributed by atoms with Crippen LogP contribution in [-0.2, 0) is 0 Å². The quantitative estimate of drug-likeness (QED) is 0.404. The van der Waals surface area contributed by atoms with Gasteiger partial charge in [-0.1, -0.05) is 28.1 Å². The number of ketones is 1. The van der Waals surface area contributed by atoms with Crippen LogP contribution in [0.25, 0.3) is 11.3 Å². The third-order valence-electron chi connectivity index (χ3n) is 5.53. The summed E-state index contributed by atoms with van der Waals surface area (Å²) in [7, 11) is 1.40. The molecular formula is C23H18BrF3N2O5. The van der Waals surface area contributed by atoms with E-state index in [4.69, 9.17) is 9.15 Å². The number of amides is 2. The number of ether oxygens (including phenoxy) is 1. The number of hydrogen-bond acceptors (Lipinski definition) is 5. The van der Waals surface area contributed by atoms with Gasteiger partial charge in [-0.3, -0.25) is 4.79 Å². The number of hydrogen-bond donors (Lipinski definition) is 3. The van der Waals surface area contributed by atoms with E-state index < -0.39 is 35.7 Å². The Bertz CT molecular complexity index is 1210. The lowest BCUT2D eigenvalue weighted by Gasteiger charge is -2.44. The van der Waals surface area contributed by atoms with Gasteiger partial charge in [0.15, 0.2) is 5.78 Å². The highest BCUT2D eigenvalue weighted by Crippen LogP contribution is 2.44. The molecule has 1 aromatic heterocycles. The van der Waals surface area contributed by atoms with Gasteiger partial charge >= 0.3 is 12.2 Å². The van der Waals surface area contributed by atoms with Crippen molar-refractivity contribution in [3.63, 3.8) is 0 Å². The third kappa shape index (κ3) is 4.28. The largest absolute Gasteiger partial charge is 0.497 e. The van der Waals surface area contributed by atoms with E-state index in [0.717, 1.165) is 4.47 Å². The Labute approximate surface area is 200 Å². The van der Waals surface area contributed by atoms with Gasteiger partial charge in [0.25, 0.3) is 0 Å². The van der Waals surface area contributed by atoms with Crippen molar-refractivity contribution >= 4 is 27.7 Å². The maximum absolute atomic E-state index is 14.0. The number of benzene rings is 2. The number of alkyl halides is 3. The second-order valence-electron chi connectivity index (χ2n) is 7.62. The molecule has 1 fully saturated rings. The summed E-state index contributed by atoms with van der Waals surface area (Å²) in [5.74, 6) is -2.67. The molecule has 0 spiro atoms. The molecular weight excluding hydrogens is 521 g/mol. The zero-order valence-electron chi connectivity index (χ0n) is 17.5. The Balaban J connectivity index is 1.79. The van der Waals surface area contributed by atoms with Gasteiger partial charge in [-0.15, -0.1) is 0 Å². The first-order valence-electron chi connectivity index (χ1n) is 9.95. The Morgan fingerprint density at radius 3 is 2.32 bits per heavy atom. The molecule has 1 aliphatic heterocycles. The second kappa shape index (κ2) is 8.80. The Morgan fingerprint density at radius 1 is 1.09 bits per heavy atom. The molecule has 2 heterocycles. The molecule has 1 saturated heterocycles. The first kappa shape index (κ1) is 23.8. The Kier molecular flexibility index (Phi) is 6.17. The van der Waals surface area contributed by atoms with Crippen molar-refractivity contribution in [3.05, 3.63) is 76.5 Å². The fourth-order valence-corrected chi connectivity index (χ4v) is 4.06. The van der Waals surface area contributed by atoms with Gasteiger partial charge in [-0.05, 0) is 48.5 Å². The molecule has 11 heteroatoms. The molecule has 3 atom stereocenters. The summed E-state index contributed by atoms with van der Waals surface area (Å²) in [4.78, 5) is 25.5. The topological polar surface area (TPSA) is 101 Å². The van der Waals surface area contributed by atoms with E-state index in [2.05, 4.69) is 21.2 Å². The van der Waals surface area contributed by atoms with Gasteiger partial charge in [0.2, 0.25) is 5.72 Å². The predicted octanol–water partition coefficient (Wildman–Crippen LogP) is 4.82. The highest BCUT2D eigenvalue weighted by atomic mass is 79.9. The fourth-order valence-electron chi connectivity index (χ4n) is 3.80. The van der Waals surface area contributed by atoms with Crippen molar-refractivity contribution in [1.82, 2.24) is 10.6 Å². The second-order valence-corrected chi connectivity index (χ2v) is 8.54. The first-order chi connectivity index (χ1) is 16.0.